The molecule has 1 heterocycles. The molecule has 0 fully saturated rings. The Morgan fingerprint density at radius 2 is 1.61 bits per heavy atom. The van der Waals surface area contributed by atoms with Crippen molar-refractivity contribution < 1.29 is 23.5 Å². The van der Waals surface area contributed by atoms with Crippen molar-refractivity contribution in [2.45, 2.75) is 53.1 Å². The topological polar surface area (TPSA) is 94.5 Å². The van der Waals surface area contributed by atoms with Crippen LogP contribution < -0.4 is 20.1 Å². The number of carbonyl (C=O) groups is 2. The SMILES string of the molecule is COc1cccc(OC)c1-c1cc(C(=O)N[C@H](CC(=O)Nc2ccc(F)cc2)CC(C)C)nn1CC(C)C. The van der Waals surface area contributed by atoms with Gasteiger partial charge in [-0.15, -0.1) is 0 Å². The lowest BCUT2D eigenvalue weighted by Crippen LogP contribution is -2.38. The number of nitrogens with zero attached hydrogens (tertiary/aromatic N) is 2. The van der Waals surface area contributed by atoms with Gasteiger partial charge in [-0.3, -0.25) is 14.3 Å². The lowest BCUT2D eigenvalue weighted by molar-refractivity contribution is -0.116. The van der Waals surface area contributed by atoms with Gasteiger partial charge < -0.3 is 20.1 Å². The summed E-state index contributed by atoms with van der Waals surface area (Å²) in [5.41, 5.74) is 2.14. The van der Waals surface area contributed by atoms with Gasteiger partial charge in [-0.1, -0.05) is 33.8 Å². The summed E-state index contributed by atoms with van der Waals surface area (Å²) in [6, 6.07) is 12.4. The minimum Gasteiger partial charge on any atom is -0.496 e. The highest BCUT2D eigenvalue weighted by Gasteiger charge is 2.24. The molecule has 8 nitrogen and oxygen atoms in total. The zero-order valence-electron chi connectivity index (χ0n) is 22.9. The average molecular weight is 525 g/mol. The summed E-state index contributed by atoms with van der Waals surface area (Å²) >= 11 is 0. The minimum absolute atomic E-state index is 0.0706. The lowest BCUT2D eigenvalue weighted by atomic mass is 10.0. The van der Waals surface area contributed by atoms with E-state index in [0.717, 1.165) is 0 Å². The molecule has 0 bridgehead atoms. The van der Waals surface area contributed by atoms with E-state index in [1.54, 1.807) is 25.0 Å². The number of hydrogen-bond donors (Lipinski definition) is 2. The van der Waals surface area contributed by atoms with Gasteiger partial charge in [0, 0.05) is 24.7 Å². The molecule has 1 atom stereocenters. The maximum atomic E-state index is 13.4. The number of methoxy groups -OCH3 is 2. The first-order chi connectivity index (χ1) is 18.1. The summed E-state index contributed by atoms with van der Waals surface area (Å²) in [5.74, 6) is 0.706. The molecule has 2 aromatic carbocycles. The van der Waals surface area contributed by atoms with E-state index in [9.17, 15) is 14.0 Å². The van der Waals surface area contributed by atoms with Crippen LogP contribution in [0.5, 0.6) is 11.5 Å². The van der Waals surface area contributed by atoms with Crippen molar-refractivity contribution in [2.75, 3.05) is 19.5 Å². The molecule has 0 unspecified atom stereocenters. The third kappa shape index (κ3) is 7.57. The first-order valence-electron chi connectivity index (χ1n) is 12.8. The maximum Gasteiger partial charge on any atom is 0.272 e. The van der Waals surface area contributed by atoms with Crippen LogP contribution in [0.25, 0.3) is 11.3 Å². The van der Waals surface area contributed by atoms with Gasteiger partial charge in [-0.05, 0) is 60.7 Å². The van der Waals surface area contributed by atoms with Gasteiger partial charge in [0.05, 0.1) is 25.5 Å². The van der Waals surface area contributed by atoms with Crippen LogP contribution in [-0.4, -0.2) is 41.9 Å². The number of halogens is 1. The predicted molar refractivity (Wildman–Crippen MR) is 146 cm³/mol. The Balaban J connectivity index is 1.86. The molecule has 3 aromatic rings. The van der Waals surface area contributed by atoms with E-state index in [-0.39, 0.29) is 41.6 Å². The molecule has 3 rings (SSSR count). The zero-order valence-corrected chi connectivity index (χ0v) is 22.9. The molecule has 9 heteroatoms. The molecule has 0 aliphatic carbocycles. The zero-order chi connectivity index (χ0) is 27.8. The summed E-state index contributed by atoms with van der Waals surface area (Å²) in [7, 11) is 3.17. The average Bonchev–Trinajstić information content (AvgIpc) is 3.27. The number of rotatable bonds is 12. The number of anilines is 1. The highest BCUT2D eigenvalue weighted by atomic mass is 19.1. The van der Waals surface area contributed by atoms with Crippen molar-refractivity contribution in [3.8, 4) is 22.8 Å². The highest BCUT2D eigenvalue weighted by molar-refractivity contribution is 5.95. The minimum atomic E-state index is -0.414. The molecule has 204 valence electrons. The largest absolute Gasteiger partial charge is 0.496 e. The Morgan fingerprint density at radius 3 is 2.16 bits per heavy atom. The van der Waals surface area contributed by atoms with E-state index >= 15 is 0 Å². The van der Waals surface area contributed by atoms with Crippen molar-refractivity contribution in [1.29, 1.82) is 0 Å². The van der Waals surface area contributed by atoms with Crippen LogP contribution in [0.4, 0.5) is 10.1 Å². The van der Waals surface area contributed by atoms with Crippen LogP contribution in [0, 0.1) is 17.7 Å². The monoisotopic (exact) mass is 524 g/mol. The number of benzene rings is 2. The van der Waals surface area contributed by atoms with Crippen LogP contribution in [0.3, 0.4) is 0 Å². The van der Waals surface area contributed by atoms with Crippen LogP contribution in [0.15, 0.2) is 48.5 Å². The summed E-state index contributed by atoms with van der Waals surface area (Å²) < 4.78 is 26.2. The number of carbonyl (C=O) groups excluding carboxylic acids is 2. The molecular weight excluding hydrogens is 487 g/mol. The Hall–Kier alpha value is -3.88. The molecule has 0 spiro atoms. The fraction of sp³-hybridized carbons (Fsp3) is 0.414. The normalized spacial score (nSPS) is 11.9. The predicted octanol–water partition coefficient (Wildman–Crippen LogP) is 5.54. The molecule has 1 aromatic heterocycles. The van der Waals surface area contributed by atoms with Crippen LogP contribution in [0.2, 0.25) is 0 Å². The second-order valence-electron chi connectivity index (χ2n) is 10.1. The Labute approximate surface area is 223 Å². The Bertz CT molecular complexity index is 1220. The molecule has 0 radical (unpaired) electrons. The second-order valence-corrected chi connectivity index (χ2v) is 10.1. The highest BCUT2D eigenvalue weighted by Crippen LogP contribution is 2.38. The Kier molecular flexibility index (Phi) is 9.87. The van der Waals surface area contributed by atoms with Crippen LogP contribution in [0.1, 0.15) is 51.0 Å². The van der Waals surface area contributed by atoms with Gasteiger partial charge in [0.2, 0.25) is 5.91 Å². The standard InChI is InChI=1S/C29H37FN4O4/c1-18(2)14-22(15-27(35)31-21-12-10-20(30)11-13-21)32-29(36)23-16-24(34(33-23)17-19(3)4)28-25(37-5)8-7-9-26(28)38-6/h7-13,16,18-19,22H,14-15,17H2,1-6H3,(H,31,35)(H,32,36)/t22-/m0/s1. The van der Waals surface area contributed by atoms with Crippen LogP contribution >= 0.6 is 0 Å². The number of amides is 2. The van der Waals surface area contributed by atoms with E-state index in [1.165, 1.54) is 24.3 Å². The van der Waals surface area contributed by atoms with Crippen LogP contribution in [-0.2, 0) is 11.3 Å². The van der Waals surface area contributed by atoms with Gasteiger partial charge in [-0.25, -0.2) is 4.39 Å². The van der Waals surface area contributed by atoms with Gasteiger partial charge >= 0.3 is 0 Å². The number of nitrogens with one attached hydrogen (secondary N) is 2. The number of hydrogen-bond acceptors (Lipinski definition) is 5. The maximum absolute atomic E-state index is 13.4. The fourth-order valence-electron chi connectivity index (χ4n) is 4.31. The Morgan fingerprint density at radius 1 is 0.974 bits per heavy atom. The first kappa shape index (κ1) is 28.7. The quantitative estimate of drug-likeness (QED) is 0.325. The third-order valence-corrected chi connectivity index (χ3v) is 5.89. The van der Waals surface area contributed by atoms with E-state index < -0.39 is 6.04 Å². The smallest absolute Gasteiger partial charge is 0.272 e. The summed E-state index contributed by atoms with van der Waals surface area (Å²) in [4.78, 5) is 26.1. The molecular formula is C29H37FN4O4. The van der Waals surface area contributed by atoms with Gasteiger partial charge in [0.1, 0.15) is 17.3 Å². The lowest BCUT2D eigenvalue weighted by Gasteiger charge is -2.20. The van der Waals surface area contributed by atoms with Crippen molar-refractivity contribution in [3.63, 3.8) is 0 Å². The van der Waals surface area contributed by atoms with Crippen molar-refractivity contribution >= 4 is 17.5 Å². The molecule has 0 saturated carbocycles. The van der Waals surface area contributed by atoms with E-state index in [4.69, 9.17) is 9.47 Å². The fourth-order valence-corrected chi connectivity index (χ4v) is 4.31. The van der Waals surface area contributed by atoms with Crippen molar-refractivity contribution in [3.05, 3.63) is 60.0 Å². The van der Waals surface area contributed by atoms with Gasteiger partial charge in [-0.2, -0.15) is 5.10 Å². The molecule has 0 saturated heterocycles. The number of aromatic nitrogens is 2. The van der Waals surface area contributed by atoms with Crippen molar-refractivity contribution in [2.24, 2.45) is 11.8 Å². The molecule has 2 amide bonds. The van der Waals surface area contributed by atoms with Gasteiger partial charge in [0.15, 0.2) is 5.69 Å². The molecule has 0 aliphatic rings. The number of ether oxygens (including phenoxy) is 2. The van der Waals surface area contributed by atoms with E-state index in [0.29, 0.717) is 41.4 Å². The molecule has 0 aliphatic heterocycles. The second kappa shape index (κ2) is 13.1. The molecule has 2 N–H and O–H groups in total. The van der Waals surface area contributed by atoms with Crippen molar-refractivity contribution in [1.82, 2.24) is 15.1 Å². The summed E-state index contributed by atoms with van der Waals surface area (Å²) in [5, 5.41) is 10.4. The van der Waals surface area contributed by atoms with E-state index in [2.05, 4.69) is 29.6 Å². The summed E-state index contributed by atoms with van der Waals surface area (Å²) in [6.07, 6.45) is 0.670. The first-order valence-corrected chi connectivity index (χ1v) is 12.8. The summed E-state index contributed by atoms with van der Waals surface area (Å²) in [6.45, 7) is 8.78. The molecule has 38 heavy (non-hydrogen) atoms. The van der Waals surface area contributed by atoms with Gasteiger partial charge in [0.25, 0.3) is 5.91 Å². The third-order valence-electron chi connectivity index (χ3n) is 5.89. The van der Waals surface area contributed by atoms with E-state index in [1.807, 2.05) is 32.0 Å².